The molecule has 0 radical (unpaired) electrons. The third kappa shape index (κ3) is 4.66. The van der Waals surface area contributed by atoms with Gasteiger partial charge in [0.25, 0.3) is 0 Å². The van der Waals surface area contributed by atoms with Crippen LogP contribution in [-0.2, 0) is 9.59 Å². The molecule has 2 aliphatic rings. The number of nitrogens with zero attached hydrogens (tertiary/aromatic N) is 1. The van der Waals surface area contributed by atoms with Crippen LogP contribution in [0.2, 0.25) is 0 Å². The Morgan fingerprint density at radius 2 is 1.70 bits per heavy atom. The van der Waals surface area contributed by atoms with Crippen LogP contribution in [0.3, 0.4) is 0 Å². The lowest BCUT2D eigenvalue weighted by Crippen LogP contribution is -2.41. The molecule has 0 aromatic heterocycles. The van der Waals surface area contributed by atoms with E-state index in [0.717, 1.165) is 19.6 Å². The predicted molar refractivity (Wildman–Crippen MR) is 79.9 cm³/mol. The first-order valence-corrected chi connectivity index (χ1v) is 8.63. The molecule has 0 bridgehead atoms. The summed E-state index contributed by atoms with van der Waals surface area (Å²) in [6.07, 6.45) is 2.69. The number of carbonyl (C=O) groups is 2. The molecule has 6 heteroatoms. The zero-order valence-corrected chi connectivity index (χ0v) is 12.7. The Balaban J connectivity index is 1.61. The number of hydrogen-bond donors (Lipinski definition) is 2. The highest BCUT2D eigenvalue weighted by atomic mass is 32.2. The first-order chi connectivity index (χ1) is 9.66. The van der Waals surface area contributed by atoms with Crippen LogP contribution in [-0.4, -0.2) is 59.6 Å². The van der Waals surface area contributed by atoms with Crippen molar-refractivity contribution in [2.45, 2.75) is 25.7 Å². The molecule has 5 nitrogen and oxygen atoms in total. The fraction of sp³-hybridized carbons (Fsp3) is 0.857. The summed E-state index contributed by atoms with van der Waals surface area (Å²) in [5.74, 6) is 1.54. The van der Waals surface area contributed by atoms with E-state index in [9.17, 15) is 9.59 Å². The average molecular weight is 300 g/mol. The van der Waals surface area contributed by atoms with E-state index in [1.807, 2.05) is 11.8 Å². The van der Waals surface area contributed by atoms with E-state index in [1.165, 1.54) is 11.5 Å². The van der Waals surface area contributed by atoms with Crippen LogP contribution < -0.4 is 5.32 Å². The van der Waals surface area contributed by atoms with Crippen molar-refractivity contribution in [1.29, 1.82) is 0 Å². The normalized spacial score (nSPS) is 28.0. The molecular formula is C14H24N2O3S. The third-order valence-electron chi connectivity index (χ3n) is 4.28. The van der Waals surface area contributed by atoms with Gasteiger partial charge >= 0.3 is 5.97 Å². The number of nitrogens with one attached hydrogen (secondary N) is 1. The molecule has 1 saturated carbocycles. The quantitative estimate of drug-likeness (QED) is 0.794. The van der Waals surface area contributed by atoms with Gasteiger partial charge in [-0.25, -0.2) is 0 Å². The van der Waals surface area contributed by atoms with Crippen molar-refractivity contribution in [1.82, 2.24) is 10.2 Å². The van der Waals surface area contributed by atoms with E-state index < -0.39 is 5.97 Å². The smallest absolute Gasteiger partial charge is 0.306 e. The number of hydrogen-bond acceptors (Lipinski definition) is 4. The molecule has 1 saturated heterocycles. The maximum atomic E-state index is 12.0. The van der Waals surface area contributed by atoms with Gasteiger partial charge in [-0.2, -0.15) is 11.8 Å². The SMILES string of the molecule is O=C(O)C1CCC(C(=O)NCCN2CCSCC2)CC1. The van der Waals surface area contributed by atoms with Gasteiger partial charge in [-0.1, -0.05) is 0 Å². The first-order valence-electron chi connectivity index (χ1n) is 7.47. The van der Waals surface area contributed by atoms with E-state index >= 15 is 0 Å². The fourth-order valence-corrected chi connectivity index (χ4v) is 3.89. The van der Waals surface area contributed by atoms with Gasteiger partial charge in [-0.15, -0.1) is 0 Å². The van der Waals surface area contributed by atoms with Crippen molar-refractivity contribution < 1.29 is 14.7 Å². The lowest BCUT2D eigenvalue weighted by molar-refractivity contribution is -0.144. The minimum absolute atomic E-state index is 0.0162. The Morgan fingerprint density at radius 3 is 2.30 bits per heavy atom. The van der Waals surface area contributed by atoms with Gasteiger partial charge in [0.15, 0.2) is 0 Å². The van der Waals surface area contributed by atoms with Crippen LogP contribution in [0.25, 0.3) is 0 Å². The van der Waals surface area contributed by atoms with Crippen LogP contribution in [0.5, 0.6) is 0 Å². The summed E-state index contributed by atoms with van der Waals surface area (Å²) in [7, 11) is 0. The Bertz CT molecular complexity index is 337. The van der Waals surface area contributed by atoms with Crippen LogP contribution in [0.4, 0.5) is 0 Å². The van der Waals surface area contributed by atoms with E-state index in [2.05, 4.69) is 10.2 Å². The molecule has 2 N–H and O–H groups in total. The zero-order chi connectivity index (χ0) is 14.4. The Hall–Kier alpha value is -0.750. The van der Waals surface area contributed by atoms with E-state index in [-0.39, 0.29) is 17.7 Å². The molecule has 1 aliphatic carbocycles. The average Bonchev–Trinajstić information content (AvgIpc) is 2.48. The molecule has 0 spiro atoms. The van der Waals surface area contributed by atoms with Crippen molar-refractivity contribution in [3.63, 3.8) is 0 Å². The Labute approximate surface area is 124 Å². The highest BCUT2D eigenvalue weighted by Gasteiger charge is 2.29. The number of carbonyl (C=O) groups excluding carboxylic acids is 1. The number of amides is 1. The summed E-state index contributed by atoms with van der Waals surface area (Å²) in [6, 6.07) is 0. The topological polar surface area (TPSA) is 69.6 Å². The summed E-state index contributed by atoms with van der Waals surface area (Å²) in [4.78, 5) is 25.3. The highest BCUT2D eigenvalue weighted by Crippen LogP contribution is 2.28. The monoisotopic (exact) mass is 300 g/mol. The molecule has 2 rings (SSSR count). The van der Waals surface area contributed by atoms with Crippen LogP contribution >= 0.6 is 11.8 Å². The third-order valence-corrected chi connectivity index (χ3v) is 5.22. The highest BCUT2D eigenvalue weighted by molar-refractivity contribution is 7.99. The van der Waals surface area contributed by atoms with Crippen LogP contribution in [0, 0.1) is 11.8 Å². The molecule has 0 unspecified atom stereocenters. The summed E-state index contributed by atoms with van der Waals surface area (Å²) >= 11 is 1.99. The van der Waals surface area contributed by atoms with Gasteiger partial charge in [-0.05, 0) is 25.7 Å². The largest absolute Gasteiger partial charge is 0.481 e. The first kappa shape index (κ1) is 15.6. The molecule has 0 aromatic rings. The zero-order valence-electron chi connectivity index (χ0n) is 11.8. The minimum Gasteiger partial charge on any atom is -0.481 e. The summed E-state index contributed by atoms with van der Waals surface area (Å²) in [5.41, 5.74) is 0. The number of aliphatic carboxylic acids is 1. The molecule has 1 heterocycles. The van der Waals surface area contributed by atoms with Gasteiger partial charge in [0, 0.05) is 43.6 Å². The van der Waals surface area contributed by atoms with Crippen molar-refractivity contribution in [3.8, 4) is 0 Å². The fourth-order valence-electron chi connectivity index (χ4n) is 2.91. The van der Waals surface area contributed by atoms with Crippen LogP contribution in [0.1, 0.15) is 25.7 Å². The second kappa shape index (κ2) is 7.88. The molecule has 0 atom stereocenters. The molecule has 2 fully saturated rings. The second-order valence-electron chi connectivity index (χ2n) is 5.63. The second-order valence-corrected chi connectivity index (χ2v) is 6.86. The van der Waals surface area contributed by atoms with Crippen molar-refractivity contribution in [2.75, 3.05) is 37.7 Å². The van der Waals surface area contributed by atoms with E-state index in [4.69, 9.17) is 5.11 Å². The number of carboxylic acids is 1. The van der Waals surface area contributed by atoms with E-state index in [0.29, 0.717) is 32.2 Å². The number of thioether (sulfide) groups is 1. The lowest BCUT2D eigenvalue weighted by atomic mass is 9.81. The van der Waals surface area contributed by atoms with Crippen LogP contribution in [0.15, 0.2) is 0 Å². The molecule has 0 aromatic carbocycles. The summed E-state index contributed by atoms with van der Waals surface area (Å²) < 4.78 is 0. The minimum atomic E-state index is -0.716. The Morgan fingerprint density at radius 1 is 1.10 bits per heavy atom. The molecule has 1 amide bonds. The van der Waals surface area contributed by atoms with Gasteiger partial charge in [-0.3, -0.25) is 14.5 Å². The van der Waals surface area contributed by atoms with Gasteiger partial charge in [0.05, 0.1) is 5.92 Å². The lowest BCUT2D eigenvalue weighted by Gasteiger charge is -2.27. The van der Waals surface area contributed by atoms with Crippen molar-refractivity contribution in [3.05, 3.63) is 0 Å². The maximum absolute atomic E-state index is 12.0. The van der Waals surface area contributed by atoms with Gasteiger partial charge in [0.2, 0.25) is 5.91 Å². The predicted octanol–water partition coefficient (Wildman–Crippen LogP) is 1.04. The Kier molecular flexibility index (Phi) is 6.16. The molecule has 114 valence electrons. The van der Waals surface area contributed by atoms with Crippen molar-refractivity contribution >= 4 is 23.6 Å². The summed E-state index contributed by atoms with van der Waals surface area (Å²) in [5, 5.41) is 11.9. The molecule has 1 aliphatic heterocycles. The van der Waals surface area contributed by atoms with Gasteiger partial charge in [0.1, 0.15) is 0 Å². The van der Waals surface area contributed by atoms with Crippen molar-refractivity contribution in [2.24, 2.45) is 11.8 Å². The number of carboxylic acid groups (broad SMARTS) is 1. The van der Waals surface area contributed by atoms with E-state index in [1.54, 1.807) is 0 Å². The maximum Gasteiger partial charge on any atom is 0.306 e. The number of rotatable bonds is 5. The standard InChI is InChI=1S/C14H24N2O3S/c17-13(11-1-3-12(4-2-11)14(18)19)15-5-6-16-7-9-20-10-8-16/h11-12H,1-10H2,(H,15,17)(H,18,19). The molecule has 20 heavy (non-hydrogen) atoms. The van der Waals surface area contributed by atoms with Gasteiger partial charge < -0.3 is 10.4 Å². The summed E-state index contributed by atoms with van der Waals surface area (Å²) in [6.45, 7) is 3.87. The molecular weight excluding hydrogens is 276 g/mol.